The predicted octanol–water partition coefficient (Wildman–Crippen LogP) is 2.29. The predicted molar refractivity (Wildman–Crippen MR) is 71.6 cm³/mol. The van der Waals surface area contributed by atoms with Crippen molar-refractivity contribution in [2.45, 2.75) is 26.5 Å². The molecule has 0 fully saturated rings. The molecule has 4 nitrogen and oxygen atoms in total. The number of methoxy groups -OCH3 is 1. The summed E-state index contributed by atoms with van der Waals surface area (Å²) in [7, 11) is 1.68. The molecule has 1 rings (SSSR count). The summed E-state index contributed by atoms with van der Waals surface area (Å²) in [6, 6.07) is 1.93. The number of ether oxygens (including phenoxy) is 1. The topological polar surface area (TPSA) is 46.2 Å². The maximum absolute atomic E-state index is 6.14. The fourth-order valence-electron chi connectivity index (χ4n) is 1.30. The lowest BCUT2D eigenvalue weighted by Gasteiger charge is -2.12. The van der Waals surface area contributed by atoms with Gasteiger partial charge >= 0.3 is 0 Å². The van der Waals surface area contributed by atoms with E-state index >= 15 is 0 Å². The van der Waals surface area contributed by atoms with E-state index in [2.05, 4.69) is 22.5 Å². The van der Waals surface area contributed by atoms with Crippen LogP contribution in [0.15, 0.2) is 12.3 Å². The van der Waals surface area contributed by atoms with Crippen LogP contribution in [0.5, 0.6) is 0 Å². The fraction of sp³-hybridized carbons (Fsp3) is 0.583. The zero-order valence-electron chi connectivity index (χ0n) is 10.6. The highest BCUT2D eigenvalue weighted by Crippen LogP contribution is 2.20. The summed E-state index contributed by atoms with van der Waals surface area (Å²) in [5.41, 5.74) is 1.09. The molecule has 0 spiro atoms. The van der Waals surface area contributed by atoms with Crippen LogP contribution in [0.25, 0.3) is 0 Å². The molecule has 5 heteroatoms. The molecule has 1 unspecified atom stereocenters. The van der Waals surface area contributed by atoms with Crippen LogP contribution in [0.3, 0.4) is 0 Å². The Morgan fingerprint density at radius 1 is 1.53 bits per heavy atom. The normalized spacial score (nSPS) is 12.5. The lowest BCUT2D eigenvalue weighted by molar-refractivity contribution is 0.128. The first-order valence-electron chi connectivity index (χ1n) is 5.79. The Morgan fingerprint density at radius 2 is 2.29 bits per heavy atom. The van der Waals surface area contributed by atoms with Crippen molar-refractivity contribution in [3.8, 4) is 0 Å². The quantitative estimate of drug-likeness (QED) is 0.787. The minimum absolute atomic E-state index is 0.134. The third-order valence-corrected chi connectivity index (χ3v) is 2.72. The number of anilines is 1. The van der Waals surface area contributed by atoms with Gasteiger partial charge in [-0.3, -0.25) is 0 Å². The third-order valence-electron chi connectivity index (χ3n) is 2.44. The summed E-state index contributed by atoms with van der Waals surface area (Å²) >= 11 is 6.14. The van der Waals surface area contributed by atoms with Gasteiger partial charge in [0.1, 0.15) is 5.82 Å². The number of pyridine rings is 1. The molecule has 0 radical (unpaired) electrons. The van der Waals surface area contributed by atoms with E-state index in [9.17, 15) is 0 Å². The molecule has 0 bridgehead atoms. The van der Waals surface area contributed by atoms with Gasteiger partial charge in [0.25, 0.3) is 0 Å². The highest BCUT2D eigenvalue weighted by Gasteiger charge is 2.05. The van der Waals surface area contributed by atoms with Crippen molar-refractivity contribution in [2.24, 2.45) is 0 Å². The van der Waals surface area contributed by atoms with Gasteiger partial charge < -0.3 is 15.4 Å². The van der Waals surface area contributed by atoms with Gasteiger partial charge in [-0.1, -0.05) is 18.5 Å². The Kier molecular flexibility index (Phi) is 6.26. The van der Waals surface area contributed by atoms with Crippen molar-refractivity contribution in [2.75, 3.05) is 25.5 Å². The highest BCUT2D eigenvalue weighted by molar-refractivity contribution is 6.32. The Balaban J connectivity index is 2.56. The first-order chi connectivity index (χ1) is 8.17. The average molecular weight is 258 g/mol. The minimum atomic E-state index is 0.134. The molecule has 1 atom stereocenters. The summed E-state index contributed by atoms with van der Waals surface area (Å²) in [5.74, 6) is 0.704. The van der Waals surface area contributed by atoms with Crippen LogP contribution in [0, 0.1) is 0 Å². The monoisotopic (exact) mass is 257 g/mol. The van der Waals surface area contributed by atoms with Gasteiger partial charge in [-0.2, -0.15) is 0 Å². The smallest absolute Gasteiger partial charge is 0.144 e. The van der Waals surface area contributed by atoms with Crippen molar-refractivity contribution >= 4 is 17.4 Å². The molecule has 0 amide bonds. The van der Waals surface area contributed by atoms with Gasteiger partial charge in [0.15, 0.2) is 0 Å². The van der Waals surface area contributed by atoms with Gasteiger partial charge in [0.2, 0.25) is 0 Å². The molecule has 0 aliphatic heterocycles. The SMILES string of the molecule is CCNCc1cnc(NCC(C)OC)c(Cl)c1. The van der Waals surface area contributed by atoms with Crippen LogP contribution in [0.1, 0.15) is 19.4 Å². The second-order valence-corrected chi connectivity index (χ2v) is 4.29. The van der Waals surface area contributed by atoms with E-state index in [1.807, 2.05) is 19.2 Å². The van der Waals surface area contributed by atoms with E-state index in [1.165, 1.54) is 0 Å². The Morgan fingerprint density at radius 3 is 2.88 bits per heavy atom. The van der Waals surface area contributed by atoms with Gasteiger partial charge in [-0.15, -0.1) is 0 Å². The van der Waals surface area contributed by atoms with Crippen molar-refractivity contribution in [1.29, 1.82) is 0 Å². The molecular formula is C12H20ClN3O. The summed E-state index contributed by atoms with van der Waals surface area (Å²) in [6.07, 6.45) is 1.96. The number of hydrogen-bond donors (Lipinski definition) is 2. The summed E-state index contributed by atoms with van der Waals surface area (Å²) in [6.45, 7) is 6.47. The zero-order chi connectivity index (χ0) is 12.7. The molecule has 0 saturated carbocycles. The third kappa shape index (κ3) is 4.89. The summed E-state index contributed by atoms with van der Waals surface area (Å²) < 4.78 is 5.15. The van der Waals surface area contributed by atoms with Crippen LogP contribution in [0.4, 0.5) is 5.82 Å². The van der Waals surface area contributed by atoms with E-state index in [4.69, 9.17) is 16.3 Å². The molecule has 17 heavy (non-hydrogen) atoms. The number of nitrogens with one attached hydrogen (secondary N) is 2. The molecule has 2 N–H and O–H groups in total. The lowest BCUT2D eigenvalue weighted by atomic mass is 10.2. The number of rotatable bonds is 7. The van der Waals surface area contributed by atoms with Crippen LogP contribution >= 0.6 is 11.6 Å². The van der Waals surface area contributed by atoms with E-state index in [0.717, 1.165) is 18.7 Å². The van der Waals surface area contributed by atoms with Crippen LogP contribution in [0.2, 0.25) is 5.02 Å². The number of nitrogens with zero attached hydrogens (tertiary/aromatic N) is 1. The summed E-state index contributed by atoms with van der Waals surface area (Å²) in [5, 5.41) is 7.03. The number of hydrogen-bond acceptors (Lipinski definition) is 4. The molecule has 1 aromatic heterocycles. The van der Waals surface area contributed by atoms with Crippen molar-refractivity contribution in [3.63, 3.8) is 0 Å². The molecule has 96 valence electrons. The maximum Gasteiger partial charge on any atom is 0.144 e. The number of aromatic nitrogens is 1. The largest absolute Gasteiger partial charge is 0.380 e. The molecule has 0 aromatic carbocycles. The Bertz CT molecular complexity index is 347. The Hall–Kier alpha value is -0.840. The molecular weight excluding hydrogens is 238 g/mol. The van der Waals surface area contributed by atoms with Crippen LogP contribution < -0.4 is 10.6 Å². The van der Waals surface area contributed by atoms with Crippen molar-refractivity contribution in [1.82, 2.24) is 10.3 Å². The number of halogens is 1. The first kappa shape index (κ1) is 14.2. The molecule has 0 aliphatic rings. The van der Waals surface area contributed by atoms with Crippen molar-refractivity contribution < 1.29 is 4.74 Å². The van der Waals surface area contributed by atoms with Gasteiger partial charge in [0.05, 0.1) is 11.1 Å². The zero-order valence-corrected chi connectivity index (χ0v) is 11.3. The second-order valence-electron chi connectivity index (χ2n) is 3.88. The van der Waals surface area contributed by atoms with Crippen molar-refractivity contribution in [3.05, 3.63) is 22.8 Å². The second kappa shape index (κ2) is 7.48. The fourth-order valence-corrected chi connectivity index (χ4v) is 1.55. The summed E-state index contributed by atoms with van der Waals surface area (Å²) in [4.78, 5) is 4.30. The average Bonchev–Trinajstić information content (AvgIpc) is 2.34. The van der Waals surface area contributed by atoms with E-state index in [1.54, 1.807) is 7.11 Å². The Labute approximate surface area is 108 Å². The lowest BCUT2D eigenvalue weighted by Crippen LogP contribution is -2.19. The molecule has 1 aromatic rings. The van der Waals surface area contributed by atoms with Crippen LogP contribution in [-0.4, -0.2) is 31.3 Å². The molecule has 0 aliphatic carbocycles. The first-order valence-corrected chi connectivity index (χ1v) is 6.17. The van der Waals surface area contributed by atoms with Gasteiger partial charge in [0, 0.05) is 26.4 Å². The highest BCUT2D eigenvalue weighted by atomic mass is 35.5. The standard InChI is InChI=1S/C12H20ClN3O/c1-4-14-7-10-5-11(13)12(16-8-10)15-6-9(2)17-3/h5,8-9,14H,4,6-7H2,1-3H3,(H,15,16). The van der Waals surface area contributed by atoms with Gasteiger partial charge in [-0.05, 0) is 25.1 Å². The maximum atomic E-state index is 6.14. The molecule has 0 saturated heterocycles. The van der Waals surface area contributed by atoms with E-state index in [-0.39, 0.29) is 6.10 Å². The van der Waals surface area contributed by atoms with Crippen LogP contribution in [-0.2, 0) is 11.3 Å². The van der Waals surface area contributed by atoms with E-state index < -0.39 is 0 Å². The molecule has 1 heterocycles. The van der Waals surface area contributed by atoms with Gasteiger partial charge in [-0.25, -0.2) is 4.98 Å². The minimum Gasteiger partial charge on any atom is -0.380 e. The van der Waals surface area contributed by atoms with E-state index in [0.29, 0.717) is 17.4 Å².